The molecule has 0 radical (unpaired) electrons. The first-order valence-corrected chi connectivity index (χ1v) is 6.14. The van der Waals surface area contributed by atoms with Gasteiger partial charge in [-0.05, 0) is 37.6 Å². The normalized spacial score (nSPS) is 24.6. The van der Waals surface area contributed by atoms with Gasteiger partial charge >= 0.3 is 6.18 Å². The molecule has 1 fully saturated rings. The molecule has 2 N–H and O–H groups in total. The summed E-state index contributed by atoms with van der Waals surface area (Å²) in [4.78, 5) is 2.12. The average molecular weight is 248 g/mol. The molecule has 98 valence electrons. The molecule has 1 heterocycles. The van der Waals surface area contributed by atoms with E-state index in [2.05, 4.69) is 4.90 Å². The number of rotatable bonds is 4. The summed E-state index contributed by atoms with van der Waals surface area (Å²) in [5, 5.41) is 0. The van der Waals surface area contributed by atoms with Crippen LogP contribution in [-0.2, 0) is 0 Å². The van der Waals surface area contributed by atoms with Crippen LogP contribution < -0.4 is 5.73 Å². The van der Waals surface area contributed by atoms with Gasteiger partial charge in [-0.2, -0.15) is 13.2 Å². The van der Waals surface area contributed by atoms with Gasteiger partial charge in [-0.15, -0.1) is 0 Å². The highest BCUT2D eigenvalue weighted by molar-refractivity contribution is 5.13. The average Bonchev–Trinajstić information content (AvgIpc) is 2.98. The van der Waals surface area contributed by atoms with Crippen LogP contribution in [-0.4, -0.2) is 37.3 Å². The van der Waals surface area contributed by atoms with Crippen LogP contribution in [0.15, 0.2) is 11.6 Å². The molecule has 1 aliphatic heterocycles. The van der Waals surface area contributed by atoms with Gasteiger partial charge < -0.3 is 5.73 Å². The molecule has 17 heavy (non-hydrogen) atoms. The highest BCUT2D eigenvalue weighted by Crippen LogP contribution is 2.49. The van der Waals surface area contributed by atoms with Crippen LogP contribution in [0.4, 0.5) is 13.2 Å². The first-order valence-electron chi connectivity index (χ1n) is 6.14. The maximum Gasteiger partial charge on any atom is 0.412 e. The SMILES string of the molecule is NCCC1(CN2CC=C(C(F)(F)F)CC2)CC1. The molecular weight excluding hydrogens is 229 g/mol. The Morgan fingerprint density at radius 1 is 1.35 bits per heavy atom. The van der Waals surface area contributed by atoms with Crippen molar-refractivity contribution in [2.24, 2.45) is 11.1 Å². The minimum absolute atomic E-state index is 0.127. The van der Waals surface area contributed by atoms with Crippen molar-refractivity contribution < 1.29 is 13.2 Å². The fourth-order valence-electron chi connectivity index (χ4n) is 2.56. The smallest absolute Gasteiger partial charge is 0.330 e. The lowest BCUT2D eigenvalue weighted by atomic mass is 10.00. The van der Waals surface area contributed by atoms with E-state index in [0.29, 0.717) is 25.0 Å². The van der Waals surface area contributed by atoms with Crippen LogP contribution in [0.25, 0.3) is 0 Å². The van der Waals surface area contributed by atoms with Gasteiger partial charge in [0.25, 0.3) is 0 Å². The molecule has 0 saturated heterocycles. The summed E-state index contributed by atoms with van der Waals surface area (Å²) in [6, 6.07) is 0. The molecule has 1 aliphatic carbocycles. The highest BCUT2D eigenvalue weighted by Gasteiger charge is 2.43. The number of hydrogen-bond donors (Lipinski definition) is 1. The zero-order chi connectivity index (χ0) is 12.5. The molecule has 0 aromatic carbocycles. The summed E-state index contributed by atoms with van der Waals surface area (Å²) >= 11 is 0. The van der Waals surface area contributed by atoms with Crippen LogP contribution in [0.3, 0.4) is 0 Å². The van der Waals surface area contributed by atoms with Gasteiger partial charge in [0.05, 0.1) is 0 Å². The maximum atomic E-state index is 12.4. The fourth-order valence-corrected chi connectivity index (χ4v) is 2.56. The van der Waals surface area contributed by atoms with Gasteiger partial charge in [0.1, 0.15) is 0 Å². The summed E-state index contributed by atoms with van der Waals surface area (Å²) in [6.07, 6.45) is 0.678. The molecular formula is C12H19F3N2. The Bertz CT molecular complexity index is 305. The van der Waals surface area contributed by atoms with E-state index in [1.165, 1.54) is 18.9 Å². The van der Waals surface area contributed by atoms with Gasteiger partial charge in [0, 0.05) is 25.2 Å². The van der Waals surface area contributed by atoms with E-state index in [1.807, 2.05) is 0 Å². The summed E-state index contributed by atoms with van der Waals surface area (Å²) in [5.41, 5.74) is 5.51. The molecule has 0 aromatic heterocycles. The molecule has 2 rings (SSSR count). The van der Waals surface area contributed by atoms with Gasteiger partial charge in [0.2, 0.25) is 0 Å². The van der Waals surface area contributed by atoms with Crippen molar-refractivity contribution >= 4 is 0 Å². The van der Waals surface area contributed by atoms with E-state index in [9.17, 15) is 13.2 Å². The Labute approximate surface area is 99.6 Å². The molecule has 5 heteroatoms. The largest absolute Gasteiger partial charge is 0.412 e. The van der Waals surface area contributed by atoms with Crippen molar-refractivity contribution in [2.75, 3.05) is 26.2 Å². The fraction of sp³-hybridized carbons (Fsp3) is 0.833. The molecule has 0 atom stereocenters. The van der Waals surface area contributed by atoms with Crippen molar-refractivity contribution in [3.63, 3.8) is 0 Å². The third kappa shape index (κ3) is 3.22. The summed E-state index contributed by atoms with van der Waals surface area (Å²) in [7, 11) is 0. The standard InChI is InChI=1S/C12H19F3N2/c13-12(14,15)10-1-7-17(8-2-10)9-11(3-4-11)5-6-16/h1H,2-9,16H2. The number of halogens is 3. The van der Waals surface area contributed by atoms with Crippen LogP contribution in [0, 0.1) is 5.41 Å². The zero-order valence-corrected chi connectivity index (χ0v) is 9.89. The zero-order valence-electron chi connectivity index (χ0n) is 9.89. The molecule has 2 aliphatic rings. The lowest BCUT2D eigenvalue weighted by Crippen LogP contribution is -2.36. The first-order chi connectivity index (χ1) is 7.95. The summed E-state index contributed by atoms with van der Waals surface area (Å²) in [5.74, 6) is 0. The van der Waals surface area contributed by atoms with Gasteiger partial charge in [-0.3, -0.25) is 4.90 Å². The summed E-state index contributed by atoms with van der Waals surface area (Å²) in [6.45, 7) is 2.54. The molecule has 0 spiro atoms. The number of alkyl halides is 3. The van der Waals surface area contributed by atoms with Crippen LogP contribution >= 0.6 is 0 Å². The van der Waals surface area contributed by atoms with Crippen molar-refractivity contribution in [1.82, 2.24) is 4.90 Å². The Morgan fingerprint density at radius 3 is 2.47 bits per heavy atom. The van der Waals surface area contributed by atoms with Crippen LogP contribution in [0.2, 0.25) is 0 Å². The Balaban J connectivity index is 1.85. The van der Waals surface area contributed by atoms with Crippen molar-refractivity contribution in [1.29, 1.82) is 0 Å². The van der Waals surface area contributed by atoms with Crippen molar-refractivity contribution in [2.45, 2.75) is 31.9 Å². The molecule has 0 aromatic rings. The summed E-state index contributed by atoms with van der Waals surface area (Å²) < 4.78 is 37.3. The minimum atomic E-state index is -4.14. The molecule has 0 bridgehead atoms. The predicted octanol–water partition coefficient (Wildman–Crippen LogP) is 2.31. The predicted molar refractivity (Wildman–Crippen MR) is 60.5 cm³/mol. The molecule has 2 nitrogen and oxygen atoms in total. The number of nitrogens with two attached hydrogens (primary N) is 1. The van der Waals surface area contributed by atoms with E-state index in [-0.39, 0.29) is 12.0 Å². The lowest BCUT2D eigenvalue weighted by molar-refractivity contribution is -0.0961. The molecule has 0 amide bonds. The van der Waals surface area contributed by atoms with E-state index in [4.69, 9.17) is 5.73 Å². The second-order valence-corrected chi connectivity index (χ2v) is 5.25. The van der Waals surface area contributed by atoms with Gasteiger partial charge in [-0.1, -0.05) is 6.08 Å². The van der Waals surface area contributed by atoms with Crippen LogP contribution in [0.1, 0.15) is 25.7 Å². The minimum Gasteiger partial charge on any atom is -0.330 e. The van der Waals surface area contributed by atoms with E-state index in [1.54, 1.807) is 0 Å². The quantitative estimate of drug-likeness (QED) is 0.774. The third-order valence-electron chi connectivity index (χ3n) is 3.85. The Hall–Kier alpha value is -0.550. The Morgan fingerprint density at radius 2 is 2.06 bits per heavy atom. The van der Waals surface area contributed by atoms with Crippen molar-refractivity contribution in [3.8, 4) is 0 Å². The topological polar surface area (TPSA) is 29.3 Å². The van der Waals surface area contributed by atoms with Gasteiger partial charge in [-0.25, -0.2) is 0 Å². The highest BCUT2D eigenvalue weighted by atomic mass is 19.4. The molecule has 0 unspecified atom stereocenters. The van der Waals surface area contributed by atoms with Crippen LogP contribution in [0.5, 0.6) is 0 Å². The second kappa shape index (κ2) is 4.61. The van der Waals surface area contributed by atoms with E-state index < -0.39 is 6.18 Å². The second-order valence-electron chi connectivity index (χ2n) is 5.25. The van der Waals surface area contributed by atoms with Crippen molar-refractivity contribution in [3.05, 3.63) is 11.6 Å². The maximum absolute atomic E-state index is 12.4. The number of hydrogen-bond acceptors (Lipinski definition) is 2. The first kappa shape index (κ1) is 12.9. The Kier molecular flexibility index (Phi) is 3.50. The third-order valence-corrected chi connectivity index (χ3v) is 3.85. The lowest BCUT2D eigenvalue weighted by Gasteiger charge is -2.30. The van der Waals surface area contributed by atoms with E-state index in [0.717, 1.165) is 13.0 Å². The van der Waals surface area contributed by atoms with Gasteiger partial charge in [0.15, 0.2) is 0 Å². The monoisotopic (exact) mass is 248 g/mol. The van der Waals surface area contributed by atoms with E-state index >= 15 is 0 Å². The number of nitrogens with zero attached hydrogens (tertiary/aromatic N) is 1. The molecule has 1 saturated carbocycles.